The molecule has 1 amide bonds. The van der Waals surface area contributed by atoms with Crippen LogP contribution in [0, 0.1) is 6.92 Å². The van der Waals surface area contributed by atoms with Crippen molar-refractivity contribution in [3.05, 3.63) is 59.7 Å². The van der Waals surface area contributed by atoms with E-state index in [9.17, 15) is 4.79 Å². The van der Waals surface area contributed by atoms with Crippen LogP contribution in [0.5, 0.6) is 0 Å². The van der Waals surface area contributed by atoms with Crippen LogP contribution in [0.2, 0.25) is 0 Å². The van der Waals surface area contributed by atoms with E-state index in [0.717, 1.165) is 22.4 Å². The molecule has 0 radical (unpaired) electrons. The molecule has 3 aromatic rings. The van der Waals surface area contributed by atoms with Crippen molar-refractivity contribution in [2.45, 2.75) is 13.3 Å². The van der Waals surface area contributed by atoms with Crippen LogP contribution in [0.3, 0.4) is 0 Å². The number of para-hydroxylation sites is 1. The zero-order chi connectivity index (χ0) is 14.7. The van der Waals surface area contributed by atoms with Gasteiger partial charge in [-0.3, -0.25) is 4.79 Å². The molecule has 2 aromatic heterocycles. The van der Waals surface area contributed by atoms with Gasteiger partial charge in [0, 0.05) is 11.2 Å². The molecule has 0 fully saturated rings. The number of amides is 1. The number of H-pyrrole nitrogens is 1. The lowest BCUT2D eigenvalue weighted by molar-refractivity contribution is -0.120. The predicted octanol–water partition coefficient (Wildman–Crippen LogP) is 2.76. The molecule has 2 N–H and O–H groups in total. The van der Waals surface area contributed by atoms with Crippen molar-refractivity contribution in [3.63, 3.8) is 0 Å². The van der Waals surface area contributed by atoms with E-state index in [1.807, 2.05) is 43.3 Å². The van der Waals surface area contributed by atoms with E-state index in [1.165, 1.54) is 6.21 Å². The highest BCUT2D eigenvalue weighted by Gasteiger charge is 2.05. The minimum Gasteiger partial charge on any atom is -0.460 e. The molecular formula is C16H15N3O2. The summed E-state index contributed by atoms with van der Waals surface area (Å²) in [6, 6.07) is 13.5. The summed E-state index contributed by atoms with van der Waals surface area (Å²) in [6.45, 7) is 1.85. The maximum atomic E-state index is 11.8. The Balaban J connectivity index is 1.59. The van der Waals surface area contributed by atoms with Gasteiger partial charge in [-0.1, -0.05) is 18.2 Å². The number of fused-ring (bicyclic) bond motifs is 1. The maximum absolute atomic E-state index is 11.8. The smallest absolute Gasteiger partial charge is 0.245 e. The first-order valence-corrected chi connectivity index (χ1v) is 6.66. The van der Waals surface area contributed by atoms with Gasteiger partial charge in [0.05, 0.1) is 12.6 Å². The van der Waals surface area contributed by atoms with Crippen LogP contribution in [-0.2, 0) is 11.2 Å². The molecule has 0 saturated carbocycles. The van der Waals surface area contributed by atoms with Crippen LogP contribution in [-0.4, -0.2) is 17.1 Å². The van der Waals surface area contributed by atoms with E-state index in [0.29, 0.717) is 5.76 Å². The van der Waals surface area contributed by atoms with E-state index in [4.69, 9.17) is 4.42 Å². The predicted molar refractivity (Wildman–Crippen MR) is 81.2 cm³/mol. The number of rotatable bonds is 4. The molecule has 5 heteroatoms. The molecule has 0 unspecified atom stereocenters. The number of nitrogens with zero attached hydrogens (tertiary/aromatic N) is 1. The lowest BCUT2D eigenvalue weighted by Crippen LogP contribution is -2.19. The fourth-order valence-corrected chi connectivity index (χ4v) is 2.13. The fourth-order valence-electron chi connectivity index (χ4n) is 2.13. The van der Waals surface area contributed by atoms with Crippen LogP contribution in [0.25, 0.3) is 10.9 Å². The topological polar surface area (TPSA) is 70.4 Å². The molecule has 0 atom stereocenters. The van der Waals surface area contributed by atoms with Gasteiger partial charge in [-0.15, -0.1) is 0 Å². The first kappa shape index (κ1) is 13.2. The molecule has 0 aliphatic rings. The fraction of sp³-hybridized carbons (Fsp3) is 0.125. The number of aromatic nitrogens is 1. The third kappa shape index (κ3) is 3.20. The lowest BCUT2D eigenvalue weighted by atomic mass is 10.2. The van der Waals surface area contributed by atoms with E-state index < -0.39 is 0 Å². The molecule has 0 saturated heterocycles. The molecule has 0 aliphatic heterocycles. The van der Waals surface area contributed by atoms with Gasteiger partial charge in [0.15, 0.2) is 0 Å². The zero-order valence-electron chi connectivity index (χ0n) is 11.6. The molecular weight excluding hydrogens is 266 g/mol. The molecule has 106 valence electrons. The molecule has 0 bridgehead atoms. The molecule has 0 aliphatic carbocycles. The molecule has 0 spiro atoms. The number of hydrogen-bond donors (Lipinski definition) is 2. The SMILES string of the molecule is Cc1ccc(/C=N/NC(=O)Cc2cc3ccccc3[nH]2)o1. The van der Waals surface area contributed by atoms with E-state index in [1.54, 1.807) is 6.07 Å². The van der Waals surface area contributed by atoms with Gasteiger partial charge >= 0.3 is 0 Å². The molecule has 21 heavy (non-hydrogen) atoms. The number of nitrogens with one attached hydrogen (secondary N) is 2. The van der Waals surface area contributed by atoms with Gasteiger partial charge in [0.2, 0.25) is 5.91 Å². The van der Waals surface area contributed by atoms with Crippen LogP contribution in [0.4, 0.5) is 0 Å². The largest absolute Gasteiger partial charge is 0.460 e. The van der Waals surface area contributed by atoms with Gasteiger partial charge in [0.25, 0.3) is 0 Å². The summed E-state index contributed by atoms with van der Waals surface area (Å²) < 4.78 is 5.32. The zero-order valence-corrected chi connectivity index (χ0v) is 11.6. The summed E-state index contributed by atoms with van der Waals surface area (Å²) in [4.78, 5) is 15.0. The quantitative estimate of drug-likeness (QED) is 0.570. The van der Waals surface area contributed by atoms with Crippen molar-refractivity contribution in [2.75, 3.05) is 0 Å². The first-order valence-electron chi connectivity index (χ1n) is 6.66. The van der Waals surface area contributed by atoms with Crippen LogP contribution in [0.1, 0.15) is 17.2 Å². The van der Waals surface area contributed by atoms with Crippen molar-refractivity contribution < 1.29 is 9.21 Å². The van der Waals surface area contributed by atoms with Gasteiger partial charge < -0.3 is 9.40 Å². The van der Waals surface area contributed by atoms with Crippen LogP contribution in [0.15, 0.2) is 52.0 Å². The Labute approximate surface area is 121 Å². The highest BCUT2D eigenvalue weighted by atomic mass is 16.3. The third-order valence-corrected chi connectivity index (χ3v) is 3.08. The Morgan fingerprint density at radius 3 is 2.95 bits per heavy atom. The molecule has 2 heterocycles. The average molecular weight is 281 g/mol. The number of aryl methyl sites for hydroxylation is 1. The second-order valence-electron chi connectivity index (χ2n) is 4.80. The summed E-state index contributed by atoms with van der Waals surface area (Å²) in [5.74, 6) is 1.24. The van der Waals surface area contributed by atoms with E-state index >= 15 is 0 Å². The Bertz CT molecular complexity index is 766. The second-order valence-corrected chi connectivity index (χ2v) is 4.80. The summed E-state index contributed by atoms with van der Waals surface area (Å²) in [5, 5.41) is 4.97. The minimum absolute atomic E-state index is 0.180. The standard InChI is InChI=1S/C16H15N3O2/c1-11-6-7-14(21-11)10-17-19-16(20)9-13-8-12-4-2-3-5-15(12)18-13/h2-8,10,18H,9H2,1H3,(H,19,20)/b17-10+. The van der Waals surface area contributed by atoms with Crippen molar-refractivity contribution >= 4 is 23.0 Å². The lowest BCUT2D eigenvalue weighted by Gasteiger charge is -1.96. The molecule has 3 rings (SSSR count). The van der Waals surface area contributed by atoms with Crippen molar-refractivity contribution in [2.24, 2.45) is 5.10 Å². The van der Waals surface area contributed by atoms with Gasteiger partial charge in [0.1, 0.15) is 11.5 Å². The van der Waals surface area contributed by atoms with Gasteiger partial charge in [-0.05, 0) is 36.6 Å². The van der Waals surface area contributed by atoms with E-state index in [2.05, 4.69) is 15.5 Å². The summed E-state index contributed by atoms with van der Waals surface area (Å²) in [5.41, 5.74) is 4.37. The average Bonchev–Trinajstić information content (AvgIpc) is 3.04. The highest BCUT2D eigenvalue weighted by molar-refractivity contribution is 5.85. The van der Waals surface area contributed by atoms with E-state index in [-0.39, 0.29) is 12.3 Å². The Morgan fingerprint density at radius 2 is 2.19 bits per heavy atom. The Hall–Kier alpha value is -2.82. The van der Waals surface area contributed by atoms with Gasteiger partial charge in [-0.2, -0.15) is 5.10 Å². The monoisotopic (exact) mass is 281 g/mol. The number of furan rings is 1. The molecule has 5 nitrogen and oxygen atoms in total. The summed E-state index contributed by atoms with van der Waals surface area (Å²) in [6.07, 6.45) is 1.74. The Morgan fingerprint density at radius 1 is 1.33 bits per heavy atom. The third-order valence-electron chi connectivity index (χ3n) is 3.08. The number of hydrazone groups is 1. The Kier molecular flexibility index (Phi) is 3.55. The number of hydrogen-bond acceptors (Lipinski definition) is 3. The maximum Gasteiger partial charge on any atom is 0.245 e. The molecule has 1 aromatic carbocycles. The minimum atomic E-state index is -0.180. The number of carbonyl (C=O) groups is 1. The number of benzene rings is 1. The van der Waals surface area contributed by atoms with Gasteiger partial charge in [-0.25, -0.2) is 5.43 Å². The second kappa shape index (κ2) is 5.66. The first-order chi connectivity index (χ1) is 10.2. The normalized spacial score (nSPS) is 11.3. The van der Waals surface area contributed by atoms with Crippen molar-refractivity contribution in [1.29, 1.82) is 0 Å². The number of carbonyl (C=O) groups excluding carboxylic acids is 1. The van der Waals surface area contributed by atoms with Crippen molar-refractivity contribution in [3.8, 4) is 0 Å². The number of aromatic amines is 1. The summed E-state index contributed by atoms with van der Waals surface area (Å²) in [7, 11) is 0. The van der Waals surface area contributed by atoms with Crippen LogP contribution >= 0.6 is 0 Å². The highest BCUT2D eigenvalue weighted by Crippen LogP contribution is 2.14. The van der Waals surface area contributed by atoms with Crippen LogP contribution < -0.4 is 5.43 Å². The summed E-state index contributed by atoms with van der Waals surface area (Å²) >= 11 is 0. The van der Waals surface area contributed by atoms with Crippen molar-refractivity contribution in [1.82, 2.24) is 10.4 Å².